The molecule has 0 aromatic rings. The van der Waals surface area contributed by atoms with Gasteiger partial charge in [0.15, 0.2) is 0 Å². The fourth-order valence-electron chi connectivity index (χ4n) is 2.52. The van der Waals surface area contributed by atoms with Gasteiger partial charge in [-0.05, 0) is 29.6 Å². The van der Waals surface area contributed by atoms with Gasteiger partial charge in [-0.15, -0.1) is 9.24 Å². The second-order valence-corrected chi connectivity index (χ2v) is 8.35. The van der Waals surface area contributed by atoms with Crippen LogP contribution in [0.15, 0.2) is 11.9 Å². The molecule has 17 heavy (non-hydrogen) atoms. The van der Waals surface area contributed by atoms with Crippen LogP contribution in [0.1, 0.15) is 54.4 Å². The van der Waals surface area contributed by atoms with E-state index in [0.29, 0.717) is 23.5 Å². The van der Waals surface area contributed by atoms with Gasteiger partial charge in [0.05, 0.1) is 0 Å². The Bertz CT molecular complexity index is 190. The third kappa shape index (κ3) is 12.0. The average molecular weight is 344 g/mol. The fourth-order valence-corrected chi connectivity index (χ4v) is 2.72. The van der Waals surface area contributed by atoms with Gasteiger partial charge in [0.2, 0.25) is 0 Å². The monoisotopic (exact) mass is 342 g/mol. The van der Waals surface area contributed by atoms with Crippen molar-refractivity contribution in [3.8, 4) is 0 Å². The SMILES string of the molecule is CC(C)(C)C(CCC=CP)C(C)(C)C.[Cl][Ni][Cl]. The molecular weight excluding hydrogens is 317 g/mol. The second-order valence-electron chi connectivity index (χ2n) is 6.34. The Hall–Kier alpha value is 1.24. The van der Waals surface area contributed by atoms with Crippen molar-refractivity contribution in [3.63, 3.8) is 0 Å². The molecule has 0 saturated carbocycles. The van der Waals surface area contributed by atoms with Crippen molar-refractivity contribution in [2.24, 2.45) is 16.7 Å². The van der Waals surface area contributed by atoms with Crippen LogP contribution in [0.25, 0.3) is 0 Å². The van der Waals surface area contributed by atoms with Crippen molar-refractivity contribution in [3.05, 3.63) is 11.9 Å². The summed E-state index contributed by atoms with van der Waals surface area (Å²) in [5.74, 6) is 2.85. The molecular formula is C13H27Cl2NiP. The van der Waals surface area contributed by atoms with Gasteiger partial charge in [-0.25, -0.2) is 0 Å². The molecule has 0 nitrogen and oxygen atoms in total. The first kappa shape index (κ1) is 20.6. The molecule has 0 aliphatic rings. The molecule has 0 amide bonds. The van der Waals surface area contributed by atoms with E-state index in [1.807, 2.05) is 0 Å². The Kier molecular flexibility index (Phi) is 12.2. The normalized spacial score (nSPS) is 13.1. The molecule has 1 unspecified atom stereocenters. The molecule has 1 atom stereocenters. The second kappa shape index (κ2) is 10.1. The Morgan fingerprint density at radius 2 is 1.41 bits per heavy atom. The van der Waals surface area contributed by atoms with Crippen LogP contribution in [0.2, 0.25) is 0 Å². The number of hydrogen-bond donors (Lipinski definition) is 0. The summed E-state index contributed by atoms with van der Waals surface area (Å²) in [6.45, 7) is 14.1. The van der Waals surface area contributed by atoms with E-state index >= 15 is 0 Å². The minimum atomic E-state index is 0.410. The molecule has 0 aromatic carbocycles. The van der Waals surface area contributed by atoms with Crippen LogP contribution >= 0.6 is 29.6 Å². The summed E-state index contributed by atoms with van der Waals surface area (Å²) >= 11 is 0.569. The van der Waals surface area contributed by atoms with E-state index in [0.717, 1.165) is 5.92 Å². The van der Waals surface area contributed by atoms with Crippen LogP contribution in [-0.2, 0) is 12.7 Å². The van der Waals surface area contributed by atoms with E-state index in [9.17, 15) is 0 Å². The predicted molar refractivity (Wildman–Crippen MR) is 82.2 cm³/mol. The van der Waals surface area contributed by atoms with Crippen LogP contribution < -0.4 is 0 Å². The molecule has 0 radical (unpaired) electrons. The van der Waals surface area contributed by atoms with Crippen molar-refractivity contribution >= 4 is 29.6 Å². The van der Waals surface area contributed by atoms with Crippen molar-refractivity contribution in [1.82, 2.24) is 0 Å². The zero-order chi connectivity index (χ0) is 14.1. The van der Waals surface area contributed by atoms with Crippen molar-refractivity contribution in [2.45, 2.75) is 54.4 Å². The molecule has 0 fully saturated rings. The zero-order valence-corrected chi connectivity index (χ0v) is 15.4. The summed E-state index contributed by atoms with van der Waals surface area (Å²) in [6, 6.07) is 0. The molecule has 0 heterocycles. The number of hydrogen-bond acceptors (Lipinski definition) is 0. The topological polar surface area (TPSA) is 0 Å². The Morgan fingerprint density at radius 3 is 1.65 bits per heavy atom. The first-order chi connectivity index (χ1) is 7.61. The van der Waals surface area contributed by atoms with Crippen LogP contribution in [0.5, 0.6) is 0 Å². The summed E-state index contributed by atoms with van der Waals surface area (Å²) in [7, 11) is 12.0. The summed E-state index contributed by atoms with van der Waals surface area (Å²) in [5.41, 5.74) is 0.819. The van der Waals surface area contributed by atoms with E-state index in [1.165, 1.54) is 12.8 Å². The van der Waals surface area contributed by atoms with E-state index < -0.39 is 0 Å². The molecule has 0 aromatic heterocycles. The molecule has 0 saturated heterocycles. The average Bonchev–Trinajstić information content (AvgIpc) is 2.09. The van der Waals surface area contributed by atoms with Crippen LogP contribution in [0.4, 0.5) is 0 Å². The standard InChI is InChI=1S/C13H27P.2ClH.Ni/c1-12(2,3)11(13(4,5)6)9-7-8-10-14;;;/h8,10-11H,7,9,14H2,1-6H3;2*1H;/q;;;+2/p-2. The van der Waals surface area contributed by atoms with E-state index in [-0.39, 0.29) is 0 Å². The number of allylic oxidation sites excluding steroid dienone is 1. The number of halogens is 2. The fraction of sp³-hybridized carbons (Fsp3) is 0.846. The summed E-state index contributed by atoms with van der Waals surface area (Å²) in [6.07, 6.45) is 4.73. The summed E-state index contributed by atoms with van der Waals surface area (Å²) < 4.78 is 0. The van der Waals surface area contributed by atoms with Gasteiger partial charge in [-0.1, -0.05) is 53.4 Å². The van der Waals surface area contributed by atoms with Crippen molar-refractivity contribution < 1.29 is 12.7 Å². The van der Waals surface area contributed by atoms with Crippen molar-refractivity contribution in [2.75, 3.05) is 0 Å². The van der Waals surface area contributed by atoms with Gasteiger partial charge in [0.1, 0.15) is 0 Å². The molecule has 0 aliphatic heterocycles. The Morgan fingerprint density at radius 1 is 1.06 bits per heavy atom. The molecule has 0 bridgehead atoms. The third-order valence-corrected chi connectivity index (χ3v) is 3.12. The zero-order valence-electron chi connectivity index (χ0n) is 11.8. The molecule has 0 spiro atoms. The van der Waals surface area contributed by atoms with E-state index in [1.54, 1.807) is 0 Å². The molecule has 108 valence electrons. The van der Waals surface area contributed by atoms with Crippen LogP contribution in [0, 0.1) is 16.7 Å². The third-order valence-electron chi connectivity index (χ3n) is 2.85. The van der Waals surface area contributed by atoms with Gasteiger partial charge in [-0.2, -0.15) is 0 Å². The van der Waals surface area contributed by atoms with Gasteiger partial charge >= 0.3 is 33.0 Å². The van der Waals surface area contributed by atoms with E-state index in [4.69, 9.17) is 20.4 Å². The van der Waals surface area contributed by atoms with Crippen LogP contribution in [-0.4, -0.2) is 0 Å². The Labute approximate surface area is 125 Å². The first-order valence-electron chi connectivity index (χ1n) is 5.80. The van der Waals surface area contributed by atoms with Crippen LogP contribution in [0.3, 0.4) is 0 Å². The molecule has 4 heteroatoms. The van der Waals surface area contributed by atoms with E-state index in [2.05, 4.69) is 62.7 Å². The summed E-state index contributed by atoms with van der Waals surface area (Å²) in [5, 5.41) is 0. The maximum absolute atomic E-state index is 4.70. The Balaban J connectivity index is 0. The minimum absolute atomic E-state index is 0.410. The number of rotatable bonds is 3. The first-order valence-corrected chi connectivity index (χ1v) is 9.18. The van der Waals surface area contributed by atoms with Gasteiger partial charge in [0, 0.05) is 0 Å². The van der Waals surface area contributed by atoms with Gasteiger partial charge in [-0.3, -0.25) is 0 Å². The molecule has 0 aliphatic carbocycles. The summed E-state index contributed by atoms with van der Waals surface area (Å²) in [4.78, 5) is 0. The van der Waals surface area contributed by atoms with Crippen molar-refractivity contribution in [1.29, 1.82) is 0 Å². The predicted octanol–water partition coefficient (Wildman–Crippen LogP) is 6.24. The maximum atomic E-state index is 4.70. The van der Waals surface area contributed by atoms with Gasteiger partial charge in [0.25, 0.3) is 0 Å². The molecule has 0 rings (SSSR count). The quantitative estimate of drug-likeness (QED) is 0.420. The van der Waals surface area contributed by atoms with Gasteiger partial charge < -0.3 is 0 Å². The molecule has 0 N–H and O–H groups in total.